The molecule has 0 amide bonds. The Morgan fingerprint density at radius 1 is 1.20 bits per heavy atom. The lowest BCUT2D eigenvalue weighted by molar-refractivity contribution is 0.0698. The van der Waals surface area contributed by atoms with Crippen molar-refractivity contribution in [2.24, 2.45) is 0 Å². The Bertz CT molecular complexity index is 636. The number of ether oxygens (including phenoxy) is 1. The Morgan fingerprint density at radius 3 is 2.40 bits per heavy atom. The van der Waals surface area contributed by atoms with Gasteiger partial charge in [0.15, 0.2) is 0 Å². The average molecular weight is 272 g/mol. The van der Waals surface area contributed by atoms with Gasteiger partial charge < -0.3 is 20.9 Å². The third-order valence-corrected chi connectivity index (χ3v) is 3.00. The summed E-state index contributed by atoms with van der Waals surface area (Å²) in [5.74, 6) is -0.278. The van der Waals surface area contributed by atoms with Crippen molar-refractivity contribution in [1.82, 2.24) is 0 Å². The van der Waals surface area contributed by atoms with Crippen molar-refractivity contribution in [2.75, 3.05) is 18.2 Å². The number of anilines is 3. The van der Waals surface area contributed by atoms with Crippen LogP contribution in [0.5, 0.6) is 5.75 Å². The monoisotopic (exact) mass is 272 g/mol. The smallest absolute Gasteiger partial charge is 0.337 e. The molecule has 0 radical (unpaired) electrons. The Balaban J connectivity index is 2.31. The van der Waals surface area contributed by atoms with E-state index in [9.17, 15) is 4.79 Å². The van der Waals surface area contributed by atoms with Gasteiger partial charge in [0, 0.05) is 17.1 Å². The maximum atomic E-state index is 11.1. The second-order valence-corrected chi connectivity index (χ2v) is 4.41. The second-order valence-electron chi connectivity index (χ2n) is 4.41. The summed E-state index contributed by atoms with van der Waals surface area (Å²) < 4.78 is 5.08. The Kier molecular flexibility index (Phi) is 3.79. The number of aryl methyl sites for hydroxylation is 1. The molecular weight excluding hydrogens is 256 g/mol. The molecular formula is C15H16N2O3. The lowest BCUT2D eigenvalue weighted by Crippen LogP contribution is -2.05. The van der Waals surface area contributed by atoms with E-state index >= 15 is 0 Å². The van der Waals surface area contributed by atoms with E-state index in [0.29, 0.717) is 5.69 Å². The summed E-state index contributed by atoms with van der Waals surface area (Å²) in [7, 11) is 1.60. The maximum absolute atomic E-state index is 11.1. The van der Waals surface area contributed by atoms with E-state index < -0.39 is 5.97 Å². The number of aromatic carboxylic acids is 1. The predicted octanol–water partition coefficient (Wildman–Crippen LogP) is 3.03. The van der Waals surface area contributed by atoms with Gasteiger partial charge in [-0.3, -0.25) is 0 Å². The molecule has 20 heavy (non-hydrogen) atoms. The SMILES string of the molecule is COc1ccc(Nc2cc(C)c(N)c(C(=O)O)c2)cc1. The van der Waals surface area contributed by atoms with Gasteiger partial charge in [-0.1, -0.05) is 0 Å². The Labute approximate surface area is 117 Å². The first-order valence-electron chi connectivity index (χ1n) is 6.05. The van der Waals surface area contributed by atoms with E-state index in [0.717, 1.165) is 17.0 Å². The summed E-state index contributed by atoms with van der Waals surface area (Å²) in [5, 5.41) is 12.3. The number of hydrogen-bond acceptors (Lipinski definition) is 4. The molecule has 0 unspecified atom stereocenters. The number of rotatable bonds is 4. The van der Waals surface area contributed by atoms with Gasteiger partial charge in [0.2, 0.25) is 0 Å². The number of nitrogens with two attached hydrogens (primary N) is 1. The fourth-order valence-corrected chi connectivity index (χ4v) is 1.89. The molecule has 0 bridgehead atoms. The van der Waals surface area contributed by atoms with Crippen molar-refractivity contribution in [3.63, 3.8) is 0 Å². The zero-order valence-electron chi connectivity index (χ0n) is 11.3. The van der Waals surface area contributed by atoms with Crippen LogP contribution in [-0.2, 0) is 0 Å². The third-order valence-electron chi connectivity index (χ3n) is 3.00. The lowest BCUT2D eigenvalue weighted by atomic mass is 10.1. The molecule has 2 rings (SSSR count). The number of carbonyl (C=O) groups is 1. The van der Waals surface area contributed by atoms with Crippen LogP contribution in [0.25, 0.3) is 0 Å². The zero-order valence-corrected chi connectivity index (χ0v) is 11.3. The fourth-order valence-electron chi connectivity index (χ4n) is 1.89. The van der Waals surface area contributed by atoms with Gasteiger partial charge in [0.05, 0.1) is 12.7 Å². The first-order chi connectivity index (χ1) is 9.51. The van der Waals surface area contributed by atoms with E-state index in [4.69, 9.17) is 15.6 Å². The van der Waals surface area contributed by atoms with Crippen LogP contribution in [0.15, 0.2) is 36.4 Å². The second kappa shape index (κ2) is 5.52. The van der Waals surface area contributed by atoms with Gasteiger partial charge in [0.25, 0.3) is 0 Å². The minimum atomic E-state index is -1.04. The lowest BCUT2D eigenvalue weighted by Gasteiger charge is -2.11. The highest BCUT2D eigenvalue weighted by molar-refractivity contribution is 5.96. The van der Waals surface area contributed by atoms with E-state index in [1.54, 1.807) is 14.0 Å². The van der Waals surface area contributed by atoms with E-state index in [-0.39, 0.29) is 11.3 Å². The van der Waals surface area contributed by atoms with Gasteiger partial charge in [-0.15, -0.1) is 0 Å². The number of carboxylic acids is 1. The molecule has 0 aliphatic heterocycles. The molecule has 0 atom stereocenters. The van der Waals surface area contributed by atoms with Crippen molar-refractivity contribution in [3.8, 4) is 5.75 Å². The summed E-state index contributed by atoms with van der Waals surface area (Å²) in [6, 6.07) is 10.7. The predicted molar refractivity (Wildman–Crippen MR) is 78.8 cm³/mol. The minimum absolute atomic E-state index is 0.0982. The van der Waals surface area contributed by atoms with Gasteiger partial charge in [-0.2, -0.15) is 0 Å². The fraction of sp³-hybridized carbons (Fsp3) is 0.133. The highest BCUT2D eigenvalue weighted by Gasteiger charge is 2.11. The van der Waals surface area contributed by atoms with Crippen LogP contribution in [0.3, 0.4) is 0 Å². The van der Waals surface area contributed by atoms with Crippen LogP contribution in [0.4, 0.5) is 17.1 Å². The molecule has 0 spiro atoms. The molecule has 2 aromatic carbocycles. The molecule has 0 saturated heterocycles. The first-order valence-corrected chi connectivity index (χ1v) is 6.05. The van der Waals surface area contributed by atoms with Crippen LogP contribution in [0, 0.1) is 6.92 Å². The van der Waals surface area contributed by atoms with E-state index in [1.807, 2.05) is 30.3 Å². The van der Waals surface area contributed by atoms with Crippen molar-refractivity contribution in [1.29, 1.82) is 0 Å². The van der Waals surface area contributed by atoms with Crippen molar-refractivity contribution < 1.29 is 14.6 Å². The average Bonchev–Trinajstić information content (AvgIpc) is 2.43. The number of hydrogen-bond donors (Lipinski definition) is 3. The van der Waals surface area contributed by atoms with Crippen molar-refractivity contribution in [2.45, 2.75) is 6.92 Å². The summed E-state index contributed by atoms with van der Waals surface area (Å²) in [6.07, 6.45) is 0. The molecule has 0 aliphatic rings. The van der Waals surface area contributed by atoms with Crippen molar-refractivity contribution >= 4 is 23.0 Å². The maximum Gasteiger partial charge on any atom is 0.337 e. The van der Waals surface area contributed by atoms with Crippen LogP contribution in [0.1, 0.15) is 15.9 Å². The highest BCUT2D eigenvalue weighted by Crippen LogP contribution is 2.26. The molecule has 0 aromatic heterocycles. The molecule has 4 N–H and O–H groups in total. The summed E-state index contributed by atoms with van der Waals surface area (Å²) >= 11 is 0. The first kappa shape index (κ1) is 13.7. The third kappa shape index (κ3) is 2.83. The van der Waals surface area contributed by atoms with E-state index in [1.165, 1.54) is 6.07 Å². The molecule has 104 valence electrons. The summed E-state index contributed by atoms with van der Waals surface area (Å²) in [6.45, 7) is 1.78. The molecule has 5 heteroatoms. The number of methoxy groups -OCH3 is 1. The van der Waals surface area contributed by atoms with Gasteiger partial charge in [0.1, 0.15) is 5.75 Å². The van der Waals surface area contributed by atoms with Crippen LogP contribution in [0.2, 0.25) is 0 Å². The largest absolute Gasteiger partial charge is 0.497 e. The van der Waals surface area contributed by atoms with E-state index in [2.05, 4.69) is 5.32 Å². The molecule has 5 nitrogen and oxygen atoms in total. The highest BCUT2D eigenvalue weighted by atomic mass is 16.5. The topological polar surface area (TPSA) is 84.6 Å². The normalized spacial score (nSPS) is 10.1. The standard InChI is InChI=1S/C15H16N2O3/c1-9-7-11(8-13(14(9)16)15(18)19)17-10-3-5-12(20-2)6-4-10/h3-8,17H,16H2,1-2H3,(H,18,19). The van der Waals surface area contributed by atoms with Gasteiger partial charge >= 0.3 is 5.97 Å². The zero-order chi connectivity index (χ0) is 14.7. The van der Waals surface area contributed by atoms with Crippen LogP contribution < -0.4 is 15.8 Å². The number of benzene rings is 2. The Morgan fingerprint density at radius 2 is 1.85 bits per heavy atom. The van der Waals surface area contributed by atoms with Gasteiger partial charge in [-0.05, 0) is 48.9 Å². The van der Waals surface area contributed by atoms with Crippen molar-refractivity contribution in [3.05, 3.63) is 47.5 Å². The number of carboxylic acid groups (broad SMARTS) is 1. The van der Waals surface area contributed by atoms with Crippen LogP contribution in [-0.4, -0.2) is 18.2 Å². The van der Waals surface area contributed by atoms with Crippen LogP contribution >= 0.6 is 0 Å². The molecule has 0 saturated carbocycles. The molecule has 0 aliphatic carbocycles. The Hall–Kier alpha value is -2.69. The molecule has 0 fully saturated rings. The quantitative estimate of drug-likeness (QED) is 0.745. The summed E-state index contributed by atoms with van der Waals surface area (Å²) in [4.78, 5) is 11.1. The minimum Gasteiger partial charge on any atom is -0.497 e. The summed E-state index contributed by atoms with van der Waals surface area (Å²) in [5.41, 5.74) is 8.39. The number of nitrogens with one attached hydrogen (secondary N) is 1. The number of nitrogen functional groups attached to an aromatic ring is 1. The molecule has 0 heterocycles. The van der Waals surface area contributed by atoms with Gasteiger partial charge in [-0.25, -0.2) is 4.79 Å². The molecule has 2 aromatic rings.